The molecule has 4 saturated heterocycles. The third-order valence-electron chi connectivity index (χ3n) is 10.7. The van der Waals surface area contributed by atoms with Crippen molar-refractivity contribution in [3.8, 4) is 23.1 Å². The molecule has 2 aromatic heterocycles. The summed E-state index contributed by atoms with van der Waals surface area (Å²) in [6, 6.07) is 0.849. The van der Waals surface area contributed by atoms with Gasteiger partial charge in [0.2, 0.25) is 5.88 Å². The zero-order valence-electron chi connectivity index (χ0n) is 27.8. The van der Waals surface area contributed by atoms with Gasteiger partial charge in [-0.1, -0.05) is 0 Å². The van der Waals surface area contributed by atoms with E-state index in [2.05, 4.69) is 14.9 Å². The summed E-state index contributed by atoms with van der Waals surface area (Å²) in [7, 11) is 0. The topological polar surface area (TPSA) is 119 Å². The molecule has 5 aliphatic rings. The van der Waals surface area contributed by atoms with Crippen LogP contribution in [0.4, 0.5) is 33.9 Å². The maximum absolute atomic E-state index is 16.7. The first-order valence-electron chi connectivity index (χ1n) is 16.9. The molecule has 0 spiro atoms. The monoisotopic (exact) mass is 685 g/mol. The van der Waals surface area contributed by atoms with Gasteiger partial charge in [-0.25, -0.2) is 27.3 Å². The normalized spacial score (nSPS) is 29.1. The van der Waals surface area contributed by atoms with Gasteiger partial charge in [-0.15, -0.1) is 0 Å². The van der Waals surface area contributed by atoms with Crippen LogP contribution < -0.4 is 20.1 Å². The SMILES string of the molecule is C[C@@H]1Oc2nc(-c3ccc(F)c(N)c3F)c(F)c3nc(OC[C@@]45CCCN4C[C@H](F)C5)nc(c23)N2C[C@H]3CC[C@@H]([C@@H]12)N3C(=O)OC(C)(C)C. The van der Waals surface area contributed by atoms with E-state index >= 15 is 8.78 Å². The van der Waals surface area contributed by atoms with E-state index in [1.165, 1.54) is 0 Å². The molecule has 3 aromatic rings. The zero-order chi connectivity index (χ0) is 34.6. The van der Waals surface area contributed by atoms with Crippen molar-refractivity contribution in [2.75, 3.05) is 36.9 Å². The number of anilines is 2. The van der Waals surface area contributed by atoms with Crippen LogP contribution in [-0.2, 0) is 4.74 Å². The molecule has 7 heterocycles. The number of piperazine rings is 1. The number of pyridine rings is 1. The van der Waals surface area contributed by atoms with Gasteiger partial charge in [-0.2, -0.15) is 9.97 Å². The van der Waals surface area contributed by atoms with Gasteiger partial charge in [-0.05, 0) is 72.1 Å². The summed E-state index contributed by atoms with van der Waals surface area (Å²) in [5.41, 5.74) is 2.58. The second-order valence-corrected chi connectivity index (χ2v) is 15.0. The lowest BCUT2D eigenvalue weighted by atomic mass is 9.95. The van der Waals surface area contributed by atoms with Crippen LogP contribution in [0.5, 0.6) is 11.9 Å². The van der Waals surface area contributed by atoms with Crippen LogP contribution in [0.1, 0.15) is 59.8 Å². The zero-order valence-corrected chi connectivity index (χ0v) is 27.8. The molecule has 2 bridgehead atoms. The van der Waals surface area contributed by atoms with Gasteiger partial charge in [0.05, 0.1) is 23.7 Å². The number of carbonyl (C=O) groups is 1. The highest BCUT2D eigenvalue weighted by Crippen LogP contribution is 2.47. The van der Waals surface area contributed by atoms with Gasteiger partial charge >= 0.3 is 12.1 Å². The number of halogens is 4. The summed E-state index contributed by atoms with van der Waals surface area (Å²) < 4.78 is 79.2. The number of aromatic nitrogens is 3. The van der Waals surface area contributed by atoms with Gasteiger partial charge in [-0.3, -0.25) is 9.80 Å². The first-order chi connectivity index (χ1) is 23.2. The van der Waals surface area contributed by atoms with Crippen LogP contribution in [0, 0.1) is 17.5 Å². The lowest BCUT2D eigenvalue weighted by Crippen LogP contribution is -2.65. The van der Waals surface area contributed by atoms with E-state index in [4.69, 9.17) is 24.9 Å². The Kier molecular flexibility index (Phi) is 7.33. The third kappa shape index (κ3) is 5.09. The van der Waals surface area contributed by atoms with E-state index in [9.17, 15) is 13.6 Å². The minimum atomic E-state index is -1.17. The van der Waals surface area contributed by atoms with Crippen molar-refractivity contribution in [3.05, 3.63) is 29.6 Å². The number of fused-ring (bicyclic) bond motifs is 6. The van der Waals surface area contributed by atoms with Crippen LogP contribution in [0.3, 0.4) is 0 Å². The Morgan fingerprint density at radius 2 is 1.92 bits per heavy atom. The molecule has 0 unspecified atom stereocenters. The number of ether oxygens (including phenoxy) is 3. The van der Waals surface area contributed by atoms with E-state index in [1.54, 1.807) is 4.90 Å². The molecule has 2 N–H and O–H groups in total. The molecule has 0 radical (unpaired) electrons. The second kappa shape index (κ2) is 11.2. The highest BCUT2D eigenvalue weighted by molar-refractivity contribution is 5.97. The first kappa shape index (κ1) is 32.1. The van der Waals surface area contributed by atoms with Crippen molar-refractivity contribution >= 4 is 28.5 Å². The van der Waals surface area contributed by atoms with E-state index in [1.807, 2.05) is 32.6 Å². The molecule has 49 heavy (non-hydrogen) atoms. The van der Waals surface area contributed by atoms with Crippen molar-refractivity contribution in [1.29, 1.82) is 0 Å². The van der Waals surface area contributed by atoms with Crippen molar-refractivity contribution in [1.82, 2.24) is 24.8 Å². The summed E-state index contributed by atoms with van der Waals surface area (Å²) in [5.74, 6) is -2.90. The Bertz CT molecular complexity index is 1860. The third-order valence-corrected chi connectivity index (χ3v) is 10.7. The van der Waals surface area contributed by atoms with Gasteiger partial charge in [0.15, 0.2) is 11.6 Å². The summed E-state index contributed by atoms with van der Waals surface area (Å²) in [6.45, 7) is 8.80. The van der Waals surface area contributed by atoms with E-state index < -0.39 is 64.4 Å². The van der Waals surface area contributed by atoms with E-state index in [0.29, 0.717) is 38.2 Å². The van der Waals surface area contributed by atoms with Crippen molar-refractivity contribution < 1.29 is 36.6 Å². The molecule has 1 amide bonds. The van der Waals surface area contributed by atoms with Gasteiger partial charge in [0.1, 0.15) is 58.4 Å². The average Bonchev–Trinajstić information content (AvgIpc) is 3.64. The first-order valence-corrected chi connectivity index (χ1v) is 16.9. The number of amides is 1. The fourth-order valence-electron chi connectivity index (χ4n) is 8.66. The molecule has 8 rings (SSSR count). The van der Waals surface area contributed by atoms with Crippen molar-refractivity contribution in [2.24, 2.45) is 0 Å². The number of nitrogen functional groups attached to an aromatic ring is 1. The smallest absolute Gasteiger partial charge is 0.410 e. The van der Waals surface area contributed by atoms with Crippen LogP contribution in [-0.4, -0.2) is 98.6 Å². The molecule has 11 nitrogen and oxygen atoms in total. The Hall–Kier alpha value is -4.14. The maximum atomic E-state index is 16.7. The molecule has 0 saturated carbocycles. The van der Waals surface area contributed by atoms with Crippen molar-refractivity contribution in [2.45, 2.75) is 101 Å². The number of hydrogen-bond donors (Lipinski definition) is 1. The van der Waals surface area contributed by atoms with Crippen LogP contribution >= 0.6 is 0 Å². The lowest BCUT2D eigenvalue weighted by molar-refractivity contribution is 0.000937. The Labute approximate surface area is 280 Å². The average molecular weight is 686 g/mol. The fraction of sp³-hybridized carbons (Fsp3) is 0.588. The largest absolute Gasteiger partial charge is 0.472 e. The van der Waals surface area contributed by atoms with E-state index in [0.717, 1.165) is 31.5 Å². The number of benzene rings is 1. The highest BCUT2D eigenvalue weighted by atomic mass is 19.1. The molecular weight excluding hydrogens is 646 g/mol. The van der Waals surface area contributed by atoms with Crippen LogP contribution in [0.2, 0.25) is 0 Å². The predicted octanol–water partition coefficient (Wildman–Crippen LogP) is 5.38. The standard InChI is InChI=1S/C34H39F4N7O4/c1-16-28-21-9-6-18(45(21)32(46)49-33(2,3)4)14-44(28)29-22-27(41-31(42-29)47-15-34-10-5-11-43(34)13-17(35)12-34)24(38)26(40-30(22)48-16)19-7-8-20(36)25(39)23(19)37/h7-8,16-18,21,28H,5-6,9-15,39H2,1-4H3/t16-,17+,18+,21-,28+,34-/m0/s1. The van der Waals surface area contributed by atoms with Crippen LogP contribution in [0.25, 0.3) is 22.2 Å². The lowest BCUT2D eigenvalue weighted by Gasteiger charge is -2.48. The van der Waals surface area contributed by atoms with Crippen LogP contribution in [0.15, 0.2) is 12.1 Å². The number of nitrogens with two attached hydrogens (primary N) is 1. The maximum Gasteiger partial charge on any atom is 0.410 e. The fourth-order valence-corrected chi connectivity index (χ4v) is 8.66. The molecule has 4 fully saturated rings. The summed E-state index contributed by atoms with van der Waals surface area (Å²) in [4.78, 5) is 33.1. The Morgan fingerprint density at radius 1 is 1.12 bits per heavy atom. The predicted molar refractivity (Wildman–Crippen MR) is 172 cm³/mol. The minimum Gasteiger partial charge on any atom is -0.472 e. The number of hydrogen-bond acceptors (Lipinski definition) is 10. The van der Waals surface area contributed by atoms with Gasteiger partial charge < -0.3 is 24.8 Å². The van der Waals surface area contributed by atoms with Gasteiger partial charge in [0.25, 0.3) is 0 Å². The minimum absolute atomic E-state index is 0.0477. The number of nitrogens with zero attached hydrogens (tertiary/aromatic N) is 6. The molecule has 1 aromatic carbocycles. The quantitative estimate of drug-likeness (QED) is 0.283. The molecule has 15 heteroatoms. The molecule has 6 atom stereocenters. The summed E-state index contributed by atoms with van der Waals surface area (Å²) >= 11 is 0. The van der Waals surface area contributed by atoms with E-state index in [-0.39, 0.29) is 47.0 Å². The molecular formula is C34H39F4N7O4. The second-order valence-electron chi connectivity index (χ2n) is 15.0. The summed E-state index contributed by atoms with van der Waals surface area (Å²) in [6.07, 6.45) is 1.33. The van der Waals surface area contributed by atoms with Crippen molar-refractivity contribution in [3.63, 3.8) is 0 Å². The Balaban J connectivity index is 1.26. The Morgan fingerprint density at radius 3 is 2.69 bits per heavy atom. The number of rotatable bonds is 4. The molecule has 5 aliphatic heterocycles. The van der Waals surface area contributed by atoms with Gasteiger partial charge in [0, 0.05) is 25.1 Å². The highest BCUT2D eigenvalue weighted by Gasteiger charge is 2.54. The number of carbonyl (C=O) groups excluding carboxylic acids is 1. The molecule has 262 valence electrons. The number of alkyl halides is 1. The molecule has 0 aliphatic carbocycles. The summed E-state index contributed by atoms with van der Waals surface area (Å²) in [5, 5.41) is 0.161.